The number of anilines is 2. The van der Waals surface area contributed by atoms with E-state index < -0.39 is 11.6 Å². The Bertz CT molecular complexity index is 396. The molecule has 0 saturated heterocycles. The maximum Gasteiger partial charge on any atom is 0.168 e. The molecular weight excluding hydrogens is 238 g/mol. The molecule has 1 heterocycles. The van der Waals surface area contributed by atoms with Gasteiger partial charge in [0.25, 0.3) is 0 Å². The standard InChI is InChI=1S/C12H20F2N4/c1-5-15-11-9(13)6-10(14)12(17-11)16-7-8(2)18(3)4/h6,8H,5,7H2,1-4H3,(H2,15,16,17). The smallest absolute Gasteiger partial charge is 0.168 e. The van der Waals surface area contributed by atoms with Gasteiger partial charge in [-0.1, -0.05) is 0 Å². The van der Waals surface area contributed by atoms with Crippen molar-refractivity contribution in [3.05, 3.63) is 17.7 Å². The number of aromatic nitrogens is 1. The molecule has 1 aromatic heterocycles. The van der Waals surface area contributed by atoms with E-state index in [0.29, 0.717) is 13.1 Å². The summed E-state index contributed by atoms with van der Waals surface area (Å²) in [6, 6.07) is 1.06. The minimum Gasteiger partial charge on any atom is -0.368 e. The fourth-order valence-corrected chi connectivity index (χ4v) is 1.31. The second kappa shape index (κ2) is 6.49. The predicted molar refractivity (Wildman–Crippen MR) is 70.0 cm³/mol. The normalized spacial score (nSPS) is 12.6. The second-order valence-electron chi connectivity index (χ2n) is 4.37. The van der Waals surface area contributed by atoms with Crippen molar-refractivity contribution in [1.29, 1.82) is 0 Å². The largest absolute Gasteiger partial charge is 0.368 e. The number of likely N-dealkylation sites (N-methyl/N-ethyl adjacent to an activating group) is 1. The van der Waals surface area contributed by atoms with Gasteiger partial charge in [0.05, 0.1) is 0 Å². The summed E-state index contributed by atoms with van der Waals surface area (Å²) < 4.78 is 26.9. The molecule has 0 spiro atoms. The van der Waals surface area contributed by atoms with Gasteiger partial charge in [0.15, 0.2) is 23.3 Å². The Balaban J connectivity index is 2.78. The van der Waals surface area contributed by atoms with Gasteiger partial charge in [0, 0.05) is 25.2 Å². The van der Waals surface area contributed by atoms with Crippen molar-refractivity contribution in [1.82, 2.24) is 9.88 Å². The minimum absolute atomic E-state index is 0.0684. The van der Waals surface area contributed by atoms with Crippen molar-refractivity contribution < 1.29 is 8.78 Å². The molecule has 0 bridgehead atoms. The number of nitrogens with one attached hydrogen (secondary N) is 2. The Labute approximate surface area is 106 Å². The van der Waals surface area contributed by atoms with E-state index in [1.165, 1.54) is 0 Å². The molecule has 18 heavy (non-hydrogen) atoms. The van der Waals surface area contributed by atoms with E-state index in [9.17, 15) is 8.78 Å². The highest BCUT2D eigenvalue weighted by atomic mass is 19.1. The van der Waals surface area contributed by atoms with Crippen LogP contribution in [0, 0.1) is 11.6 Å². The molecule has 0 radical (unpaired) electrons. The summed E-state index contributed by atoms with van der Waals surface area (Å²) in [7, 11) is 3.87. The Morgan fingerprint density at radius 3 is 2.28 bits per heavy atom. The average molecular weight is 258 g/mol. The molecule has 0 aliphatic heterocycles. The van der Waals surface area contributed by atoms with Crippen LogP contribution in [0.2, 0.25) is 0 Å². The van der Waals surface area contributed by atoms with Gasteiger partial charge in [-0.15, -0.1) is 0 Å². The molecule has 0 fully saturated rings. The minimum atomic E-state index is -0.680. The van der Waals surface area contributed by atoms with Gasteiger partial charge in [-0.25, -0.2) is 13.8 Å². The Hall–Kier alpha value is -1.43. The molecule has 0 saturated carbocycles. The van der Waals surface area contributed by atoms with Crippen LogP contribution in [0.3, 0.4) is 0 Å². The zero-order chi connectivity index (χ0) is 13.7. The first-order valence-electron chi connectivity index (χ1n) is 5.95. The summed E-state index contributed by atoms with van der Waals surface area (Å²) in [6.07, 6.45) is 0. The lowest BCUT2D eigenvalue weighted by Crippen LogP contribution is -2.32. The number of pyridine rings is 1. The van der Waals surface area contributed by atoms with Crippen molar-refractivity contribution in [2.24, 2.45) is 0 Å². The van der Waals surface area contributed by atoms with Crippen LogP contribution >= 0.6 is 0 Å². The molecule has 0 aliphatic rings. The quantitative estimate of drug-likeness (QED) is 0.820. The van der Waals surface area contributed by atoms with Crippen LogP contribution in [0.1, 0.15) is 13.8 Å². The van der Waals surface area contributed by atoms with Crippen LogP contribution in [-0.4, -0.2) is 43.1 Å². The van der Waals surface area contributed by atoms with Gasteiger partial charge in [0.2, 0.25) is 0 Å². The van der Waals surface area contributed by atoms with Gasteiger partial charge in [-0.3, -0.25) is 0 Å². The lowest BCUT2D eigenvalue weighted by atomic mass is 10.3. The zero-order valence-corrected chi connectivity index (χ0v) is 11.2. The predicted octanol–water partition coefficient (Wildman–Crippen LogP) is 2.15. The number of hydrogen-bond donors (Lipinski definition) is 2. The van der Waals surface area contributed by atoms with Crippen molar-refractivity contribution >= 4 is 11.6 Å². The summed E-state index contributed by atoms with van der Waals surface area (Å²) in [5.74, 6) is -1.22. The fourth-order valence-electron chi connectivity index (χ4n) is 1.31. The van der Waals surface area contributed by atoms with E-state index in [-0.39, 0.29) is 17.7 Å². The molecule has 1 rings (SSSR count). The Morgan fingerprint density at radius 1 is 1.22 bits per heavy atom. The average Bonchev–Trinajstić information content (AvgIpc) is 2.30. The molecule has 102 valence electrons. The molecule has 6 heteroatoms. The van der Waals surface area contributed by atoms with Gasteiger partial charge in [-0.05, 0) is 27.9 Å². The fraction of sp³-hybridized carbons (Fsp3) is 0.583. The summed E-state index contributed by atoms with van der Waals surface area (Å²) in [5.41, 5.74) is 0. The highest BCUT2D eigenvalue weighted by Crippen LogP contribution is 2.18. The third-order valence-corrected chi connectivity index (χ3v) is 2.72. The van der Waals surface area contributed by atoms with Gasteiger partial charge in [0.1, 0.15) is 0 Å². The van der Waals surface area contributed by atoms with Crippen molar-refractivity contribution in [2.75, 3.05) is 37.8 Å². The first kappa shape index (κ1) is 14.6. The second-order valence-corrected chi connectivity index (χ2v) is 4.37. The highest BCUT2D eigenvalue weighted by Gasteiger charge is 2.12. The van der Waals surface area contributed by atoms with Crippen LogP contribution in [0.5, 0.6) is 0 Å². The number of hydrogen-bond acceptors (Lipinski definition) is 4. The number of halogens is 2. The van der Waals surface area contributed by atoms with Crippen molar-refractivity contribution in [2.45, 2.75) is 19.9 Å². The first-order chi connectivity index (χ1) is 8.45. The van der Waals surface area contributed by atoms with Gasteiger partial charge < -0.3 is 15.5 Å². The maximum atomic E-state index is 13.5. The number of rotatable bonds is 6. The molecule has 0 aliphatic carbocycles. The van der Waals surface area contributed by atoms with Crippen LogP contribution in [0.25, 0.3) is 0 Å². The molecular formula is C12H20F2N4. The monoisotopic (exact) mass is 258 g/mol. The highest BCUT2D eigenvalue weighted by molar-refractivity contribution is 5.47. The van der Waals surface area contributed by atoms with Crippen LogP contribution in [-0.2, 0) is 0 Å². The molecule has 1 atom stereocenters. The molecule has 1 unspecified atom stereocenters. The van der Waals surface area contributed by atoms with Gasteiger partial charge in [-0.2, -0.15) is 0 Å². The van der Waals surface area contributed by atoms with E-state index in [4.69, 9.17) is 0 Å². The Morgan fingerprint density at radius 2 is 1.78 bits per heavy atom. The van der Waals surface area contributed by atoms with E-state index in [1.807, 2.05) is 32.8 Å². The number of nitrogens with zero attached hydrogens (tertiary/aromatic N) is 2. The SMILES string of the molecule is CCNc1nc(NCC(C)N(C)C)c(F)cc1F. The van der Waals surface area contributed by atoms with Gasteiger partial charge >= 0.3 is 0 Å². The Kier molecular flexibility index (Phi) is 5.27. The summed E-state index contributed by atoms with van der Waals surface area (Å²) in [5, 5.41) is 5.64. The summed E-state index contributed by atoms with van der Waals surface area (Å²) in [4.78, 5) is 5.90. The third-order valence-electron chi connectivity index (χ3n) is 2.72. The van der Waals surface area contributed by atoms with Crippen molar-refractivity contribution in [3.63, 3.8) is 0 Å². The van der Waals surface area contributed by atoms with E-state index in [2.05, 4.69) is 15.6 Å². The van der Waals surface area contributed by atoms with E-state index in [1.54, 1.807) is 0 Å². The van der Waals surface area contributed by atoms with E-state index in [0.717, 1.165) is 6.07 Å². The van der Waals surface area contributed by atoms with Crippen LogP contribution in [0.4, 0.5) is 20.4 Å². The lowest BCUT2D eigenvalue weighted by molar-refractivity contribution is 0.325. The molecule has 4 nitrogen and oxygen atoms in total. The summed E-state index contributed by atoms with van der Waals surface area (Å²) >= 11 is 0. The first-order valence-corrected chi connectivity index (χ1v) is 5.95. The van der Waals surface area contributed by atoms with Crippen LogP contribution < -0.4 is 10.6 Å². The zero-order valence-electron chi connectivity index (χ0n) is 11.2. The molecule has 2 N–H and O–H groups in total. The topological polar surface area (TPSA) is 40.2 Å². The lowest BCUT2D eigenvalue weighted by Gasteiger charge is -2.20. The maximum absolute atomic E-state index is 13.5. The molecule has 0 aromatic carbocycles. The summed E-state index contributed by atoms with van der Waals surface area (Å²) in [6.45, 7) is 4.89. The third kappa shape index (κ3) is 3.80. The van der Waals surface area contributed by atoms with E-state index >= 15 is 0 Å². The van der Waals surface area contributed by atoms with Crippen molar-refractivity contribution in [3.8, 4) is 0 Å². The molecule has 1 aromatic rings. The molecule has 0 amide bonds. The van der Waals surface area contributed by atoms with Crippen LogP contribution in [0.15, 0.2) is 6.07 Å².